The number of Topliss-reactive ketones (excluding diaryl/α,β-unsaturated/α-hetero) is 3. The van der Waals surface area contributed by atoms with Gasteiger partial charge in [0.25, 0.3) is 0 Å². The molecule has 0 spiro atoms. The molecule has 0 heterocycles. The van der Waals surface area contributed by atoms with Gasteiger partial charge in [0, 0.05) is 70.3 Å². The molecule has 6 aliphatic rings. The third-order valence-corrected chi connectivity index (χ3v) is 18.8. The number of halogens is 3. The SMILES string of the molecule is CCOC(=O)[C@@]1(C)CC[C@@H](CCl)c2c3c(cc(O)c21)CC(C)(C)CC3=O.CCOC(=O)[C@@]1(C)CC[C@@H](CCl)c2c3c(cc(O)c21)CC(C)(C)CC3=O.CCOC(=O)[C@]1(C)CC[C@H](CCl)c2c3c(cc(O)c21)CC(C)(C)CC3=O. The number of rotatable bonds is 9. The molecule has 6 aliphatic carbocycles. The van der Waals surface area contributed by atoms with Gasteiger partial charge in [0.15, 0.2) is 17.3 Å². The lowest BCUT2D eigenvalue weighted by atomic mass is 9.62. The minimum atomic E-state index is -0.958. The zero-order chi connectivity index (χ0) is 57.8. The maximum atomic E-state index is 13.0. The number of phenolic OH excluding ortho intramolecular Hbond substituents is 3. The predicted octanol–water partition coefficient (Wildman–Crippen LogP) is 13.5. The predicted molar refractivity (Wildman–Crippen MR) is 304 cm³/mol. The summed E-state index contributed by atoms with van der Waals surface area (Å²) in [4.78, 5) is 77.2. The molecule has 426 valence electrons. The highest BCUT2D eigenvalue weighted by Crippen LogP contribution is 2.56. The van der Waals surface area contributed by atoms with E-state index in [2.05, 4.69) is 41.5 Å². The van der Waals surface area contributed by atoms with Crippen LogP contribution in [-0.4, -0.2) is 88.0 Å². The number of carbonyl (C=O) groups is 6. The van der Waals surface area contributed by atoms with Gasteiger partial charge in [-0.1, -0.05) is 41.5 Å². The summed E-state index contributed by atoms with van der Waals surface area (Å²) in [5.74, 6) is 0.367. The van der Waals surface area contributed by atoms with Gasteiger partial charge in [0.2, 0.25) is 0 Å². The third-order valence-electron chi connectivity index (χ3n) is 17.6. The van der Waals surface area contributed by atoms with Gasteiger partial charge in [-0.2, -0.15) is 0 Å². The van der Waals surface area contributed by atoms with Crippen molar-refractivity contribution in [2.24, 2.45) is 16.2 Å². The number of aromatic hydroxyl groups is 3. The first kappa shape index (κ1) is 61.0. The van der Waals surface area contributed by atoms with E-state index >= 15 is 0 Å². The van der Waals surface area contributed by atoms with Gasteiger partial charge in [0.05, 0.1) is 36.1 Å². The lowest BCUT2D eigenvalue weighted by Crippen LogP contribution is -2.41. The fourth-order valence-electron chi connectivity index (χ4n) is 14.1. The lowest BCUT2D eigenvalue weighted by Gasteiger charge is -2.41. The van der Waals surface area contributed by atoms with Gasteiger partial charge >= 0.3 is 17.9 Å². The molecule has 0 radical (unpaired) electrons. The molecular formula is C63H81Cl3O12. The fraction of sp³-hybridized carbons (Fsp3) is 0.619. The van der Waals surface area contributed by atoms with Crippen molar-refractivity contribution in [2.75, 3.05) is 37.5 Å². The summed E-state index contributed by atoms with van der Waals surface area (Å²) in [6, 6.07) is 5.04. The smallest absolute Gasteiger partial charge is 0.316 e. The van der Waals surface area contributed by atoms with Crippen molar-refractivity contribution in [1.29, 1.82) is 0 Å². The largest absolute Gasteiger partial charge is 0.508 e. The number of benzene rings is 3. The van der Waals surface area contributed by atoms with Gasteiger partial charge in [-0.15, -0.1) is 34.8 Å². The molecular weight excluding hydrogens is 1060 g/mol. The number of fused-ring (bicyclic) bond motifs is 9. The standard InChI is InChI=1S/3C21H27ClO4/c3*1-5-26-19(25)21(4)7-6-12(11-22)17-16-13(8-14(23)18(17)21)9-20(2,3)10-15(16)24/h3*8,12,23H,5-7,9-11H2,1-4H3/t3*12-,21-/m100/s1. The van der Waals surface area contributed by atoms with Crippen LogP contribution in [-0.2, 0) is 64.1 Å². The van der Waals surface area contributed by atoms with Crippen LogP contribution in [0.5, 0.6) is 17.2 Å². The van der Waals surface area contributed by atoms with Gasteiger partial charge in [0.1, 0.15) is 17.2 Å². The summed E-state index contributed by atoms with van der Waals surface area (Å²) in [6.07, 6.45) is 7.26. The monoisotopic (exact) mass is 1130 g/mol. The number of alkyl halides is 3. The van der Waals surface area contributed by atoms with Crippen molar-refractivity contribution in [2.45, 2.75) is 194 Å². The molecule has 9 rings (SSSR count). The number of hydrogen-bond donors (Lipinski definition) is 3. The first-order valence-electron chi connectivity index (χ1n) is 27.9. The average molecular weight is 1140 g/mol. The van der Waals surface area contributed by atoms with Crippen LogP contribution in [0.4, 0.5) is 0 Å². The number of carbonyl (C=O) groups excluding carboxylic acids is 6. The van der Waals surface area contributed by atoms with E-state index in [0.29, 0.717) is 109 Å². The summed E-state index contributed by atoms with van der Waals surface area (Å²) in [5, 5.41) is 32.6. The second-order valence-electron chi connectivity index (χ2n) is 25.8. The number of ketones is 3. The summed E-state index contributed by atoms with van der Waals surface area (Å²) >= 11 is 18.7. The van der Waals surface area contributed by atoms with E-state index in [1.807, 2.05) is 0 Å². The molecule has 0 aliphatic heterocycles. The molecule has 3 N–H and O–H groups in total. The molecule has 15 heteroatoms. The van der Waals surface area contributed by atoms with Gasteiger partial charge < -0.3 is 29.5 Å². The Balaban J connectivity index is 0.000000170. The number of esters is 3. The molecule has 6 atom stereocenters. The Hall–Kier alpha value is -4.65. The maximum Gasteiger partial charge on any atom is 0.316 e. The minimum Gasteiger partial charge on any atom is -0.508 e. The number of phenols is 3. The molecule has 0 saturated carbocycles. The molecule has 0 unspecified atom stereocenters. The summed E-state index contributed by atoms with van der Waals surface area (Å²) in [5.41, 5.74) is 5.30. The summed E-state index contributed by atoms with van der Waals surface area (Å²) in [7, 11) is 0. The molecule has 0 saturated heterocycles. The second kappa shape index (κ2) is 22.7. The highest BCUT2D eigenvalue weighted by Gasteiger charge is 2.52. The minimum absolute atomic E-state index is 0.0415. The van der Waals surface area contributed by atoms with E-state index < -0.39 is 16.2 Å². The van der Waals surface area contributed by atoms with Crippen LogP contribution in [0.25, 0.3) is 0 Å². The van der Waals surface area contributed by atoms with Crippen molar-refractivity contribution in [3.63, 3.8) is 0 Å². The van der Waals surface area contributed by atoms with E-state index in [1.165, 1.54) is 0 Å². The van der Waals surface area contributed by atoms with Crippen LogP contribution in [0.3, 0.4) is 0 Å². The van der Waals surface area contributed by atoms with Gasteiger partial charge in [-0.05, 0) is 185 Å². The van der Waals surface area contributed by atoms with Crippen LogP contribution in [0.1, 0.15) is 240 Å². The van der Waals surface area contributed by atoms with Crippen molar-refractivity contribution < 1.29 is 58.3 Å². The van der Waals surface area contributed by atoms with E-state index in [0.717, 1.165) is 52.6 Å². The van der Waals surface area contributed by atoms with E-state index in [1.54, 1.807) is 59.7 Å². The Labute approximate surface area is 476 Å². The number of hydrogen-bond acceptors (Lipinski definition) is 12. The van der Waals surface area contributed by atoms with Crippen molar-refractivity contribution >= 4 is 70.1 Å². The van der Waals surface area contributed by atoms with Gasteiger partial charge in [-0.3, -0.25) is 28.8 Å². The lowest BCUT2D eigenvalue weighted by molar-refractivity contribution is -0.151. The van der Waals surface area contributed by atoms with Crippen LogP contribution in [0.15, 0.2) is 18.2 Å². The van der Waals surface area contributed by atoms with E-state index in [9.17, 15) is 44.1 Å². The fourth-order valence-corrected chi connectivity index (χ4v) is 15.0. The average Bonchev–Trinajstić information content (AvgIpc) is 3.46. The van der Waals surface area contributed by atoms with Crippen LogP contribution >= 0.6 is 34.8 Å². The summed E-state index contributed by atoms with van der Waals surface area (Å²) < 4.78 is 15.9. The Morgan fingerprint density at radius 3 is 0.885 bits per heavy atom. The number of ether oxygens (including phenoxy) is 3. The van der Waals surface area contributed by atoms with Crippen molar-refractivity contribution in [3.05, 3.63) is 85.0 Å². The Bertz CT molecular complexity index is 2610. The Morgan fingerprint density at radius 2 is 0.679 bits per heavy atom. The first-order valence-corrected chi connectivity index (χ1v) is 29.5. The first-order chi connectivity index (χ1) is 36.4. The third kappa shape index (κ3) is 11.1. The highest BCUT2D eigenvalue weighted by atomic mass is 35.5. The van der Waals surface area contributed by atoms with Gasteiger partial charge in [-0.25, -0.2) is 0 Å². The zero-order valence-corrected chi connectivity index (χ0v) is 50.1. The van der Waals surface area contributed by atoms with E-state index in [-0.39, 0.29) is 106 Å². The molecule has 78 heavy (non-hydrogen) atoms. The summed E-state index contributed by atoms with van der Waals surface area (Å²) in [6.45, 7) is 23.9. The van der Waals surface area contributed by atoms with E-state index in [4.69, 9.17) is 49.0 Å². The molecule has 3 aromatic carbocycles. The molecule has 0 aromatic heterocycles. The molecule has 0 bridgehead atoms. The highest BCUT2D eigenvalue weighted by molar-refractivity contribution is 6.19. The molecule has 0 fully saturated rings. The molecule has 3 aromatic rings. The quantitative estimate of drug-likeness (QED) is 0.105. The normalized spacial score (nSPS) is 26.8. The van der Waals surface area contributed by atoms with Crippen LogP contribution < -0.4 is 0 Å². The van der Waals surface area contributed by atoms with Crippen LogP contribution in [0, 0.1) is 16.2 Å². The van der Waals surface area contributed by atoms with Crippen molar-refractivity contribution in [1.82, 2.24) is 0 Å². The second-order valence-corrected chi connectivity index (χ2v) is 26.7. The Kier molecular flexibility index (Phi) is 17.8. The topological polar surface area (TPSA) is 191 Å². The molecule has 12 nitrogen and oxygen atoms in total. The Morgan fingerprint density at radius 1 is 0.449 bits per heavy atom. The maximum absolute atomic E-state index is 13.0. The molecule has 0 amide bonds. The van der Waals surface area contributed by atoms with Crippen molar-refractivity contribution in [3.8, 4) is 17.2 Å². The zero-order valence-electron chi connectivity index (χ0n) is 47.8. The van der Waals surface area contributed by atoms with Crippen LogP contribution in [0.2, 0.25) is 0 Å².